The van der Waals surface area contributed by atoms with Crippen LogP contribution in [-0.2, 0) is 14.8 Å². The molecule has 0 aliphatic carbocycles. The van der Waals surface area contributed by atoms with Crippen molar-refractivity contribution in [1.82, 2.24) is 9.73 Å². The molecule has 34 heavy (non-hydrogen) atoms. The van der Waals surface area contributed by atoms with E-state index in [4.69, 9.17) is 0 Å². The molecule has 182 valence electrons. The summed E-state index contributed by atoms with van der Waals surface area (Å²) in [5.74, 6) is -0.0210. The second kappa shape index (κ2) is 10.9. The zero-order valence-corrected chi connectivity index (χ0v) is 20.9. The van der Waals surface area contributed by atoms with Crippen molar-refractivity contribution in [3.63, 3.8) is 0 Å². The van der Waals surface area contributed by atoms with E-state index in [9.17, 15) is 18.0 Å². The third kappa shape index (κ3) is 5.46. The van der Waals surface area contributed by atoms with Gasteiger partial charge in [-0.2, -0.15) is 4.31 Å². The van der Waals surface area contributed by atoms with Crippen molar-refractivity contribution >= 4 is 45.0 Å². The van der Waals surface area contributed by atoms with Crippen LogP contribution in [0.5, 0.6) is 0 Å². The maximum absolute atomic E-state index is 12.9. The Morgan fingerprint density at radius 2 is 1.79 bits per heavy atom. The molecule has 0 aromatic heterocycles. The van der Waals surface area contributed by atoms with E-state index in [1.807, 2.05) is 6.07 Å². The third-order valence-corrected chi connectivity index (χ3v) is 8.89. The summed E-state index contributed by atoms with van der Waals surface area (Å²) < 4.78 is 27.2. The Labute approximate surface area is 205 Å². The summed E-state index contributed by atoms with van der Waals surface area (Å²) in [7, 11) is -3.52. The van der Waals surface area contributed by atoms with Crippen molar-refractivity contribution in [2.75, 3.05) is 35.7 Å². The number of piperidine rings is 1. The van der Waals surface area contributed by atoms with Gasteiger partial charge in [-0.05, 0) is 61.7 Å². The standard InChI is InChI=1S/C24H30N4O4S2/c1-2-3-13-25-28-21-16-18(7-12-22(21)33-17-23(28)29)24(30)26-19-8-10-20(11-9-19)34(31,32)27-14-5-4-6-15-27/h7-12,16,25H,2-6,13-15,17H2,1H3,(H,26,30). The molecule has 1 fully saturated rings. The number of rotatable bonds is 8. The number of unbranched alkanes of at least 4 members (excludes halogenated alkanes) is 1. The average molecular weight is 503 g/mol. The first-order chi connectivity index (χ1) is 16.4. The van der Waals surface area contributed by atoms with E-state index in [0.717, 1.165) is 37.0 Å². The first-order valence-electron chi connectivity index (χ1n) is 11.6. The van der Waals surface area contributed by atoms with E-state index in [1.54, 1.807) is 29.3 Å². The van der Waals surface area contributed by atoms with Gasteiger partial charge in [0.2, 0.25) is 10.0 Å². The van der Waals surface area contributed by atoms with E-state index in [0.29, 0.717) is 42.3 Å². The number of nitrogens with one attached hydrogen (secondary N) is 2. The molecule has 0 radical (unpaired) electrons. The number of anilines is 2. The molecule has 0 saturated carbocycles. The van der Waals surface area contributed by atoms with Gasteiger partial charge in [0.25, 0.3) is 11.8 Å². The first-order valence-corrected chi connectivity index (χ1v) is 14.1. The molecular formula is C24H30N4O4S2. The Morgan fingerprint density at radius 1 is 1.06 bits per heavy atom. The van der Waals surface area contributed by atoms with E-state index in [2.05, 4.69) is 17.7 Å². The Balaban J connectivity index is 1.47. The van der Waals surface area contributed by atoms with Crippen molar-refractivity contribution in [3.8, 4) is 0 Å². The van der Waals surface area contributed by atoms with Crippen LogP contribution in [0.15, 0.2) is 52.3 Å². The van der Waals surface area contributed by atoms with Gasteiger partial charge in [0, 0.05) is 35.8 Å². The predicted molar refractivity (Wildman–Crippen MR) is 135 cm³/mol. The molecule has 2 aromatic rings. The summed E-state index contributed by atoms with van der Waals surface area (Å²) in [6.45, 7) is 3.85. The van der Waals surface area contributed by atoms with Gasteiger partial charge < -0.3 is 5.32 Å². The minimum absolute atomic E-state index is 0.0448. The van der Waals surface area contributed by atoms with Crippen LogP contribution in [0, 0.1) is 0 Å². The van der Waals surface area contributed by atoms with Crippen molar-refractivity contribution in [1.29, 1.82) is 0 Å². The predicted octanol–water partition coefficient (Wildman–Crippen LogP) is 3.86. The molecule has 1 saturated heterocycles. The number of nitrogens with zero attached hydrogens (tertiary/aromatic N) is 2. The minimum atomic E-state index is -3.52. The van der Waals surface area contributed by atoms with Crippen LogP contribution in [-0.4, -0.2) is 49.9 Å². The zero-order valence-electron chi connectivity index (χ0n) is 19.2. The van der Waals surface area contributed by atoms with E-state index >= 15 is 0 Å². The monoisotopic (exact) mass is 502 g/mol. The molecule has 2 heterocycles. The summed E-state index contributed by atoms with van der Waals surface area (Å²) >= 11 is 1.46. The molecule has 2 aliphatic rings. The number of sulfonamides is 1. The lowest BCUT2D eigenvalue weighted by Gasteiger charge is -2.29. The molecule has 0 spiro atoms. The highest BCUT2D eigenvalue weighted by Crippen LogP contribution is 2.35. The minimum Gasteiger partial charge on any atom is -0.322 e. The largest absolute Gasteiger partial charge is 0.322 e. The topological polar surface area (TPSA) is 98.8 Å². The lowest BCUT2D eigenvalue weighted by molar-refractivity contribution is -0.117. The maximum atomic E-state index is 12.9. The molecule has 0 bridgehead atoms. The molecule has 8 nitrogen and oxygen atoms in total. The average Bonchev–Trinajstić information content (AvgIpc) is 2.86. The zero-order chi connectivity index (χ0) is 24.1. The van der Waals surface area contributed by atoms with Crippen LogP contribution in [0.25, 0.3) is 0 Å². The van der Waals surface area contributed by atoms with Gasteiger partial charge in [-0.1, -0.05) is 19.8 Å². The Morgan fingerprint density at radius 3 is 2.50 bits per heavy atom. The fourth-order valence-corrected chi connectivity index (χ4v) is 6.39. The van der Waals surface area contributed by atoms with E-state index < -0.39 is 10.0 Å². The number of benzene rings is 2. The normalized spacial score (nSPS) is 16.9. The molecule has 2 aromatic carbocycles. The number of thioether (sulfide) groups is 1. The quantitative estimate of drug-likeness (QED) is 0.532. The van der Waals surface area contributed by atoms with Crippen LogP contribution in [0.1, 0.15) is 49.4 Å². The summed E-state index contributed by atoms with van der Waals surface area (Å²) in [5.41, 5.74) is 4.76. The van der Waals surface area contributed by atoms with Crippen molar-refractivity contribution < 1.29 is 18.0 Å². The summed E-state index contributed by atoms with van der Waals surface area (Å²) in [6, 6.07) is 11.6. The number of amides is 2. The summed E-state index contributed by atoms with van der Waals surface area (Å²) in [5, 5.41) is 4.36. The number of carbonyl (C=O) groups is 2. The van der Waals surface area contributed by atoms with Gasteiger partial charge in [-0.3, -0.25) is 9.59 Å². The lowest BCUT2D eigenvalue weighted by Crippen LogP contribution is -2.46. The molecule has 2 aliphatic heterocycles. The van der Waals surface area contributed by atoms with Crippen LogP contribution in [0.3, 0.4) is 0 Å². The molecular weight excluding hydrogens is 472 g/mol. The van der Waals surface area contributed by atoms with E-state index in [1.165, 1.54) is 28.2 Å². The summed E-state index contributed by atoms with van der Waals surface area (Å²) in [6.07, 6.45) is 4.76. The lowest BCUT2D eigenvalue weighted by atomic mass is 10.1. The van der Waals surface area contributed by atoms with Crippen LogP contribution >= 0.6 is 11.8 Å². The number of carbonyl (C=O) groups excluding carboxylic acids is 2. The smallest absolute Gasteiger partial charge is 0.255 e. The molecule has 2 amide bonds. The fourth-order valence-electron chi connectivity index (χ4n) is 4.00. The first kappa shape index (κ1) is 24.7. The number of hydrazine groups is 1. The number of fused-ring (bicyclic) bond motifs is 1. The molecule has 4 rings (SSSR count). The maximum Gasteiger partial charge on any atom is 0.255 e. The SMILES string of the molecule is CCCCNN1C(=O)CSc2ccc(C(=O)Nc3ccc(S(=O)(=O)N4CCCCC4)cc3)cc21. The van der Waals surface area contributed by atoms with Gasteiger partial charge in [0.15, 0.2) is 0 Å². The molecule has 2 N–H and O–H groups in total. The summed E-state index contributed by atoms with van der Waals surface area (Å²) in [4.78, 5) is 26.5. The fraction of sp³-hybridized carbons (Fsp3) is 0.417. The Bertz CT molecular complexity index is 1150. The van der Waals surface area contributed by atoms with Crippen LogP contribution in [0.2, 0.25) is 0 Å². The van der Waals surface area contributed by atoms with Crippen LogP contribution in [0.4, 0.5) is 11.4 Å². The highest BCUT2D eigenvalue weighted by atomic mass is 32.2. The second-order valence-electron chi connectivity index (χ2n) is 8.41. The molecule has 0 atom stereocenters. The Kier molecular flexibility index (Phi) is 7.92. The van der Waals surface area contributed by atoms with Gasteiger partial charge in [-0.25, -0.2) is 18.9 Å². The highest BCUT2D eigenvalue weighted by Gasteiger charge is 2.27. The van der Waals surface area contributed by atoms with E-state index in [-0.39, 0.29) is 16.7 Å². The Hall–Kier alpha value is -2.40. The van der Waals surface area contributed by atoms with Crippen molar-refractivity contribution in [3.05, 3.63) is 48.0 Å². The molecule has 10 heteroatoms. The van der Waals surface area contributed by atoms with Gasteiger partial charge in [0.1, 0.15) is 0 Å². The number of hydrogen-bond donors (Lipinski definition) is 2. The van der Waals surface area contributed by atoms with Gasteiger partial charge in [-0.15, -0.1) is 11.8 Å². The number of hydrogen-bond acceptors (Lipinski definition) is 6. The van der Waals surface area contributed by atoms with Crippen molar-refractivity contribution in [2.45, 2.75) is 48.8 Å². The van der Waals surface area contributed by atoms with Crippen molar-refractivity contribution in [2.24, 2.45) is 0 Å². The second-order valence-corrected chi connectivity index (χ2v) is 11.4. The highest BCUT2D eigenvalue weighted by molar-refractivity contribution is 8.00. The van der Waals surface area contributed by atoms with Gasteiger partial charge in [0.05, 0.1) is 16.3 Å². The van der Waals surface area contributed by atoms with Crippen LogP contribution < -0.4 is 15.8 Å². The van der Waals surface area contributed by atoms with Gasteiger partial charge >= 0.3 is 0 Å². The third-order valence-electron chi connectivity index (χ3n) is 5.93. The molecule has 0 unspecified atom stereocenters.